The van der Waals surface area contributed by atoms with Gasteiger partial charge in [-0.2, -0.15) is 4.98 Å². The van der Waals surface area contributed by atoms with Crippen molar-refractivity contribution in [2.24, 2.45) is 7.05 Å². The number of aryl methyl sites for hydroxylation is 3. The molecule has 5 heteroatoms. The molecule has 3 aromatic heterocycles. The van der Waals surface area contributed by atoms with Crippen molar-refractivity contribution in [1.82, 2.24) is 9.38 Å². The molecule has 0 unspecified atom stereocenters. The van der Waals surface area contributed by atoms with Gasteiger partial charge >= 0.3 is 11.5 Å². The Morgan fingerprint density at radius 1 is 0.895 bits per heavy atom. The second kappa shape index (κ2) is 7.16. The van der Waals surface area contributed by atoms with Gasteiger partial charge in [-0.15, -0.1) is 4.40 Å². The van der Waals surface area contributed by atoms with Crippen LogP contribution in [0.3, 0.4) is 0 Å². The molecule has 38 heavy (non-hydrogen) atoms. The number of rotatable bonds is 0. The van der Waals surface area contributed by atoms with Crippen molar-refractivity contribution >= 4 is 51.2 Å². The quantitative estimate of drug-likeness (QED) is 0.232. The van der Waals surface area contributed by atoms with Gasteiger partial charge in [-0.25, -0.2) is 4.57 Å². The van der Waals surface area contributed by atoms with Crippen LogP contribution >= 0.6 is 0 Å². The second-order valence-corrected chi connectivity index (χ2v) is 12.4. The Kier molecular flexibility index (Phi) is 4.18. The summed E-state index contributed by atoms with van der Waals surface area (Å²) in [5, 5.41) is 0. The molecular formula is C33H31BN3O+. The molecule has 2 aliphatic rings. The lowest BCUT2D eigenvalue weighted by atomic mass is 9.29. The summed E-state index contributed by atoms with van der Waals surface area (Å²) >= 11 is 0. The highest BCUT2D eigenvalue weighted by atomic mass is 16.4. The van der Waals surface area contributed by atoms with Crippen LogP contribution in [0.2, 0.25) is 0 Å². The average Bonchev–Trinajstić information content (AvgIpc) is 3.39. The third-order valence-corrected chi connectivity index (χ3v) is 9.08. The van der Waals surface area contributed by atoms with E-state index in [2.05, 4.69) is 105 Å². The zero-order valence-electron chi connectivity index (χ0n) is 22.9. The number of fused-ring (bicyclic) bond motifs is 9. The van der Waals surface area contributed by atoms with Gasteiger partial charge in [0.15, 0.2) is 16.6 Å². The lowest BCUT2D eigenvalue weighted by Crippen LogP contribution is -2.62. The van der Waals surface area contributed by atoms with Crippen molar-refractivity contribution in [2.75, 3.05) is 0 Å². The first kappa shape index (κ1) is 22.2. The summed E-state index contributed by atoms with van der Waals surface area (Å²) in [6.07, 6.45) is 4.12. The fourth-order valence-corrected chi connectivity index (χ4v) is 7.47. The summed E-state index contributed by atoms with van der Waals surface area (Å²) in [6, 6.07) is 18.2. The summed E-state index contributed by atoms with van der Waals surface area (Å²) in [5.41, 5.74) is 18.3. The van der Waals surface area contributed by atoms with E-state index in [1.54, 1.807) is 0 Å². The number of hydrogen-bond acceptors (Lipinski definition) is 2. The molecule has 3 aromatic carbocycles. The van der Waals surface area contributed by atoms with Crippen LogP contribution in [0.4, 0.5) is 0 Å². The number of hydrogen-bond donors (Lipinski definition) is 0. The zero-order chi connectivity index (χ0) is 26.1. The minimum atomic E-state index is -0.0146. The average molecular weight is 496 g/mol. The third kappa shape index (κ3) is 2.72. The Hall–Kier alpha value is -3.86. The number of aromatic nitrogens is 3. The number of imidazole rings is 1. The highest BCUT2D eigenvalue weighted by Gasteiger charge is 2.40. The Bertz CT molecular complexity index is 1990. The fourth-order valence-electron chi connectivity index (χ4n) is 7.47. The highest BCUT2D eigenvalue weighted by molar-refractivity contribution is 6.98. The van der Waals surface area contributed by atoms with E-state index >= 15 is 0 Å². The Balaban J connectivity index is 1.51. The Morgan fingerprint density at radius 2 is 1.58 bits per heavy atom. The molecule has 6 aromatic rings. The number of oxazole rings is 1. The van der Waals surface area contributed by atoms with Gasteiger partial charge in [0, 0.05) is 0 Å². The van der Waals surface area contributed by atoms with Crippen LogP contribution in [0.25, 0.3) is 28.1 Å². The molecule has 4 nitrogen and oxygen atoms in total. The number of nitrogens with zero attached hydrogens (tertiary/aromatic N) is 3. The molecule has 0 spiro atoms. The van der Waals surface area contributed by atoms with E-state index in [0.29, 0.717) is 5.84 Å². The predicted molar refractivity (Wildman–Crippen MR) is 155 cm³/mol. The van der Waals surface area contributed by atoms with E-state index in [1.807, 2.05) is 0 Å². The molecule has 0 aliphatic carbocycles. The first-order valence-corrected chi connectivity index (χ1v) is 13.7. The monoisotopic (exact) mass is 496 g/mol. The van der Waals surface area contributed by atoms with Crippen LogP contribution in [0, 0.1) is 13.8 Å². The van der Waals surface area contributed by atoms with Crippen LogP contribution in [-0.2, 0) is 25.3 Å². The van der Waals surface area contributed by atoms with Crippen molar-refractivity contribution in [3.05, 3.63) is 93.7 Å². The van der Waals surface area contributed by atoms with Crippen molar-refractivity contribution in [2.45, 2.75) is 52.9 Å². The van der Waals surface area contributed by atoms with Crippen molar-refractivity contribution in [1.29, 1.82) is 0 Å². The first-order chi connectivity index (χ1) is 18.2. The number of benzene rings is 3. The third-order valence-electron chi connectivity index (χ3n) is 9.08. The fraction of sp³-hybridized carbons (Fsp3) is 0.273. The largest absolute Gasteiger partial charge is 0.403 e. The molecule has 0 radical (unpaired) electrons. The molecule has 0 fully saturated rings. The predicted octanol–water partition coefficient (Wildman–Crippen LogP) is 4.30. The molecule has 0 N–H and O–H groups in total. The van der Waals surface area contributed by atoms with Gasteiger partial charge in [-0.3, -0.25) is 0 Å². The lowest BCUT2D eigenvalue weighted by Gasteiger charge is -2.35. The highest BCUT2D eigenvalue weighted by Crippen LogP contribution is 2.34. The SMILES string of the molecule is Cc1cccc2c1B1c3c(cccc3Cc3cc4oc5nc6c(C(C)(C)C)cc[n+](C)c6n5c4c(C)c31)C2. The second-order valence-electron chi connectivity index (χ2n) is 12.4. The smallest absolute Gasteiger partial charge is 0.402 e. The van der Waals surface area contributed by atoms with Gasteiger partial charge in [-0.1, -0.05) is 79.1 Å². The van der Waals surface area contributed by atoms with Crippen molar-refractivity contribution in [3.8, 4) is 0 Å². The van der Waals surface area contributed by atoms with E-state index in [4.69, 9.17) is 9.40 Å². The maximum atomic E-state index is 6.53. The van der Waals surface area contributed by atoms with Gasteiger partial charge in [-0.05, 0) is 77.6 Å². The molecule has 5 heterocycles. The minimum absolute atomic E-state index is 0.0146. The molecule has 0 atom stereocenters. The summed E-state index contributed by atoms with van der Waals surface area (Å²) in [4.78, 5) is 5.08. The van der Waals surface area contributed by atoms with Crippen LogP contribution in [0.1, 0.15) is 59.7 Å². The normalized spacial score (nSPS) is 14.3. The zero-order valence-corrected chi connectivity index (χ0v) is 22.9. The Morgan fingerprint density at radius 3 is 2.32 bits per heavy atom. The van der Waals surface area contributed by atoms with E-state index in [-0.39, 0.29) is 12.1 Å². The Labute approximate surface area is 223 Å². The van der Waals surface area contributed by atoms with E-state index in [0.717, 1.165) is 35.1 Å². The van der Waals surface area contributed by atoms with Crippen molar-refractivity contribution < 1.29 is 8.98 Å². The van der Waals surface area contributed by atoms with E-state index < -0.39 is 0 Å². The topological polar surface area (TPSA) is 34.3 Å². The van der Waals surface area contributed by atoms with E-state index in [1.165, 1.54) is 55.3 Å². The van der Waals surface area contributed by atoms with Crippen LogP contribution in [-0.4, -0.2) is 16.1 Å². The summed E-state index contributed by atoms with van der Waals surface area (Å²) < 4.78 is 11.0. The standard InChI is InChI=1S/C33H31BN3O/c1-18-9-7-10-20-15-21-11-8-12-22-16-23-17-25-30(19(2)27(23)34(26(18)20)28(21)22)37-31-29(35-32(37)38-25)24(33(3,4)5)13-14-36(31)6/h7-14,17H,15-16H2,1-6H3/q+1. The molecule has 0 amide bonds. The first-order valence-electron chi connectivity index (χ1n) is 13.7. The summed E-state index contributed by atoms with van der Waals surface area (Å²) in [5.74, 6) is 0.672. The molecule has 0 bridgehead atoms. The summed E-state index contributed by atoms with van der Waals surface area (Å²) in [7, 11) is 2.11. The molecule has 0 saturated heterocycles. The van der Waals surface area contributed by atoms with Crippen LogP contribution in [0.15, 0.2) is 59.1 Å². The van der Waals surface area contributed by atoms with Crippen LogP contribution in [0.5, 0.6) is 0 Å². The van der Waals surface area contributed by atoms with E-state index in [9.17, 15) is 0 Å². The van der Waals surface area contributed by atoms with Gasteiger partial charge in [0.25, 0.3) is 0 Å². The van der Waals surface area contributed by atoms with Crippen LogP contribution < -0.4 is 21.0 Å². The minimum Gasteiger partial charge on any atom is -0.403 e. The lowest BCUT2D eigenvalue weighted by molar-refractivity contribution is -0.647. The van der Waals surface area contributed by atoms with Gasteiger partial charge in [0.1, 0.15) is 0 Å². The van der Waals surface area contributed by atoms with Gasteiger partial charge in [0.05, 0.1) is 13.2 Å². The van der Waals surface area contributed by atoms with Gasteiger partial charge < -0.3 is 4.42 Å². The molecular weight excluding hydrogens is 465 g/mol. The molecule has 8 rings (SSSR count). The molecule has 186 valence electrons. The number of pyridine rings is 1. The maximum absolute atomic E-state index is 6.53. The maximum Gasteiger partial charge on any atom is 0.402 e. The molecule has 2 aliphatic heterocycles. The summed E-state index contributed by atoms with van der Waals surface area (Å²) in [6.45, 7) is 11.6. The van der Waals surface area contributed by atoms with Crippen molar-refractivity contribution in [3.63, 3.8) is 0 Å². The molecule has 0 saturated carbocycles. The van der Waals surface area contributed by atoms with Gasteiger partial charge in [0.2, 0.25) is 6.71 Å².